The van der Waals surface area contributed by atoms with Gasteiger partial charge in [0.15, 0.2) is 11.4 Å². The number of nitrogens with zero attached hydrogens (tertiary/aromatic N) is 7. The smallest absolute Gasteiger partial charge is 0.197 e. The number of methoxy groups -OCH3 is 1. The molecule has 2 unspecified atom stereocenters. The molecule has 7 rings (SSSR count). The quantitative estimate of drug-likeness (QED) is 0.356. The van der Waals surface area contributed by atoms with Gasteiger partial charge in [-0.1, -0.05) is 6.07 Å². The molecule has 206 valence electrons. The Kier molecular flexibility index (Phi) is 6.16. The van der Waals surface area contributed by atoms with Crippen molar-refractivity contribution in [1.29, 1.82) is 0 Å². The number of aryl methyl sites for hydroxylation is 2. The third kappa shape index (κ3) is 4.14. The van der Waals surface area contributed by atoms with E-state index < -0.39 is 0 Å². The van der Waals surface area contributed by atoms with Gasteiger partial charge < -0.3 is 14.2 Å². The lowest BCUT2D eigenvalue weighted by Gasteiger charge is -2.46. The summed E-state index contributed by atoms with van der Waals surface area (Å²) in [7, 11) is 3.79. The van der Waals surface area contributed by atoms with Gasteiger partial charge in [-0.05, 0) is 102 Å². The van der Waals surface area contributed by atoms with Gasteiger partial charge in [0.2, 0.25) is 0 Å². The van der Waals surface area contributed by atoms with Crippen molar-refractivity contribution < 1.29 is 4.74 Å². The van der Waals surface area contributed by atoms with Crippen LogP contribution in [0.25, 0.3) is 28.1 Å². The monoisotopic (exact) mass is 527 g/mol. The number of hydrogen-bond acceptors (Lipinski definition) is 6. The second-order valence-corrected chi connectivity index (χ2v) is 12.4. The number of imidazole rings is 1. The fourth-order valence-electron chi connectivity index (χ4n) is 8.07. The van der Waals surface area contributed by atoms with Crippen LogP contribution in [-0.4, -0.2) is 78.3 Å². The van der Waals surface area contributed by atoms with Crippen molar-refractivity contribution in [2.45, 2.75) is 89.4 Å². The minimum Gasteiger partial charge on any atom is -0.493 e. The fraction of sp³-hybridized carbons (Fsp3) is 0.581. The molecule has 6 heterocycles. The topological polar surface area (TPSA) is 63.7 Å². The van der Waals surface area contributed by atoms with Crippen LogP contribution in [0.5, 0.6) is 5.75 Å². The Hall–Kier alpha value is -2.97. The summed E-state index contributed by atoms with van der Waals surface area (Å²) >= 11 is 0. The van der Waals surface area contributed by atoms with Crippen LogP contribution in [0.1, 0.15) is 69.4 Å². The average Bonchev–Trinajstić information content (AvgIpc) is 3.62. The number of hydrogen-bond donors (Lipinski definition) is 0. The van der Waals surface area contributed by atoms with Gasteiger partial charge in [-0.25, -0.2) is 14.5 Å². The van der Waals surface area contributed by atoms with Crippen molar-refractivity contribution in [3.8, 4) is 17.1 Å². The van der Waals surface area contributed by atoms with E-state index in [1.165, 1.54) is 68.3 Å². The number of aromatic nitrogens is 5. The van der Waals surface area contributed by atoms with Crippen molar-refractivity contribution in [3.05, 3.63) is 41.9 Å². The summed E-state index contributed by atoms with van der Waals surface area (Å²) in [6, 6.07) is 9.87. The molecule has 8 nitrogen and oxygen atoms in total. The average molecular weight is 528 g/mol. The molecule has 0 N–H and O–H groups in total. The first-order valence-corrected chi connectivity index (χ1v) is 14.8. The minimum atomic E-state index is 0.613. The van der Waals surface area contributed by atoms with Crippen LogP contribution in [0.2, 0.25) is 0 Å². The molecule has 0 spiro atoms. The van der Waals surface area contributed by atoms with Crippen molar-refractivity contribution in [2.24, 2.45) is 7.05 Å². The lowest BCUT2D eigenvalue weighted by Crippen LogP contribution is -2.53. The standard InChI is InChI=1S/C31H41N7O/c1-19(2)38-24-6-7-25(38)16-26(15-24)36-10-8-21(9-11-36)22-12-20(3)29-27(13-22)35(4)30(34-29)23-14-28(39-5)31-32-18-33-37(31)17-23/h12-14,17-19,21,24-26H,6-11,15-16H2,1-5H3. The van der Waals surface area contributed by atoms with Crippen LogP contribution in [0.15, 0.2) is 30.7 Å². The molecule has 3 aliphatic rings. The lowest BCUT2D eigenvalue weighted by molar-refractivity contribution is 0.0298. The number of rotatable bonds is 5. The number of pyridine rings is 1. The van der Waals surface area contributed by atoms with E-state index in [4.69, 9.17) is 9.72 Å². The zero-order valence-corrected chi connectivity index (χ0v) is 24.0. The summed E-state index contributed by atoms with van der Waals surface area (Å²) in [5.74, 6) is 2.23. The number of likely N-dealkylation sites (tertiary alicyclic amines) is 1. The number of ether oxygens (including phenoxy) is 1. The van der Waals surface area contributed by atoms with E-state index in [9.17, 15) is 0 Å². The molecule has 3 aromatic heterocycles. The third-order valence-corrected chi connectivity index (χ3v) is 9.90. The SMILES string of the molecule is COc1cc(-c2nc3c(C)cc(C4CCN(C5CC6CCC(C5)N6C(C)C)CC4)cc3n2C)cn2ncnc12. The predicted octanol–water partition coefficient (Wildman–Crippen LogP) is 5.18. The third-order valence-electron chi connectivity index (χ3n) is 9.90. The van der Waals surface area contributed by atoms with Gasteiger partial charge in [0.1, 0.15) is 12.2 Å². The highest BCUT2D eigenvalue weighted by Crippen LogP contribution is 2.41. The second-order valence-electron chi connectivity index (χ2n) is 12.4. The van der Waals surface area contributed by atoms with Crippen molar-refractivity contribution >= 4 is 16.7 Å². The maximum Gasteiger partial charge on any atom is 0.197 e. The highest BCUT2D eigenvalue weighted by molar-refractivity contribution is 5.84. The van der Waals surface area contributed by atoms with E-state index in [1.807, 2.05) is 12.3 Å². The van der Waals surface area contributed by atoms with Crippen LogP contribution >= 0.6 is 0 Å². The molecule has 8 heteroatoms. The summed E-state index contributed by atoms with van der Waals surface area (Å²) in [5.41, 5.74) is 6.65. The Morgan fingerprint density at radius 3 is 2.41 bits per heavy atom. The van der Waals surface area contributed by atoms with Crippen molar-refractivity contribution in [1.82, 2.24) is 33.9 Å². The molecule has 3 saturated heterocycles. The molecule has 4 aromatic rings. The molecular formula is C31H41N7O. The molecule has 0 aliphatic carbocycles. The first kappa shape index (κ1) is 25.0. The Morgan fingerprint density at radius 1 is 0.974 bits per heavy atom. The summed E-state index contributed by atoms with van der Waals surface area (Å²) in [6.45, 7) is 9.42. The van der Waals surface area contributed by atoms with Gasteiger partial charge in [-0.3, -0.25) is 4.90 Å². The zero-order chi connectivity index (χ0) is 26.8. The highest BCUT2D eigenvalue weighted by Gasteiger charge is 2.43. The van der Waals surface area contributed by atoms with Crippen molar-refractivity contribution in [3.63, 3.8) is 0 Å². The first-order chi connectivity index (χ1) is 18.9. The molecule has 0 radical (unpaired) electrons. The van der Waals surface area contributed by atoms with Crippen LogP contribution in [0.4, 0.5) is 0 Å². The number of piperidine rings is 2. The summed E-state index contributed by atoms with van der Waals surface area (Å²) in [4.78, 5) is 15.1. The summed E-state index contributed by atoms with van der Waals surface area (Å²) < 4.78 is 9.58. The molecule has 3 aliphatic heterocycles. The summed E-state index contributed by atoms with van der Waals surface area (Å²) in [6.07, 6.45) is 11.6. The maximum atomic E-state index is 5.60. The fourth-order valence-corrected chi connectivity index (χ4v) is 8.07. The van der Waals surface area contributed by atoms with Gasteiger partial charge in [-0.2, -0.15) is 5.10 Å². The normalized spacial score (nSPS) is 24.9. The molecule has 39 heavy (non-hydrogen) atoms. The predicted molar refractivity (Wildman–Crippen MR) is 154 cm³/mol. The zero-order valence-electron chi connectivity index (χ0n) is 24.0. The Balaban J connectivity index is 1.11. The number of fused-ring (bicyclic) bond motifs is 4. The van der Waals surface area contributed by atoms with Gasteiger partial charge in [0, 0.05) is 43.0 Å². The summed E-state index contributed by atoms with van der Waals surface area (Å²) in [5, 5.41) is 4.33. The molecule has 2 atom stereocenters. The van der Waals surface area contributed by atoms with E-state index >= 15 is 0 Å². The van der Waals surface area contributed by atoms with E-state index in [0.29, 0.717) is 23.4 Å². The van der Waals surface area contributed by atoms with E-state index in [2.05, 4.69) is 64.4 Å². The molecule has 0 amide bonds. The lowest BCUT2D eigenvalue weighted by atomic mass is 9.86. The van der Waals surface area contributed by atoms with Crippen LogP contribution in [-0.2, 0) is 7.05 Å². The first-order valence-electron chi connectivity index (χ1n) is 14.8. The molecular weight excluding hydrogens is 486 g/mol. The van der Waals surface area contributed by atoms with Gasteiger partial charge in [0.25, 0.3) is 0 Å². The Labute approximate surface area is 231 Å². The largest absolute Gasteiger partial charge is 0.493 e. The van der Waals surface area contributed by atoms with Gasteiger partial charge >= 0.3 is 0 Å². The van der Waals surface area contributed by atoms with Gasteiger partial charge in [-0.15, -0.1) is 0 Å². The van der Waals surface area contributed by atoms with Crippen LogP contribution in [0.3, 0.4) is 0 Å². The van der Waals surface area contributed by atoms with E-state index in [0.717, 1.165) is 35.0 Å². The van der Waals surface area contributed by atoms with E-state index in [1.54, 1.807) is 18.0 Å². The molecule has 2 bridgehead atoms. The van der Waals surface area contributed by atoms with Crippen molar-refractivity contribution in [2.75, 3.05) is 20.2 Å². The highest BCUT2D eigenvalue weighted by atomic mass is 16.5. The van der Waals surface area contributed by atoms with Gasteiger partial charge in [0.05, 0.1) is 18.1 Å². The van der Waals surface area contributed by atoms with Crippen LogP contribution < -0.4 is 4.74 Å². The molecule has 3 fully saturated rings. The Morgan fingerprint density at radius 2 is 1.72 bits per heavy atom. The van der Waals surface area contributed by atoms with E-state index in [-0.39, 0.29) is 0 Å². The van der Waals surface area contributed by atoms with Crippen LogP contribution in [0, 0.1) is 6.92 Å². The molecule has 0 saturated carbocycles. The number of benzene rings is 1. The Bertz CT molecular complexity index is 1500. The minimum absolute atomic E-state index is 0.613. The molecule has 1 aromatic carbocycles. The second kappa shape index (κ2) is 9.59. The maximum absolute atomic E-state index is 5.60.